The van der Waals surface area contributed by atoms with Gasteiger partial charge < -0.3 is 13.7 Å². The molecule has 0 unspecified atom stereocenters. The second-order valence-corrected chi connectivity index (χ2v) is 6.88. The smallest absolute Gasteiger partial charge is 0.246 e. The van der Waals surface area contributed by atoms with Crippen LogP contribution in [0.1, 0.15) is 29.5 Å². The third-order valence-electron chi connectivity index (χ3n) is 4.26. The number of carbonyl (C=O) groups is 1. The highest BCUT2D eigenvalue weighted by Crippen LogP contribution is 2.33. The van der Waals surface area contributed by atoms with Gasteiger partial charge in [0.15, 0.2) is 10.8 Å². The van der Waals surface area contributed by atoms with Crippen LogP contribution in [0.4, 0.5) is 0 Å². The highest BCUT2D eigenvalue weighted by Gasteiger charge is 2.25. The number of hydrogen-bond acceptors (Lipinski definition) is 6. The van der Waals surface area contributed by atoms with Crippen LogP contribution < -0.4 is 0 Å². The summed E-state index contributed by atoms with van der Waals surface area (Å²) < 4.78 is 10.6. The van der Waals surface area contributed by atoms with Crippen molar-refractivity contribution in [1.82, 2.24) is 15.1 Å². The lowest BCUT2D eigenvalue weighted by atomic mass is 9.97. The van der Waals surface area contributed by atoms with Gasteiger partial charge in [-0.2, -0.15) is 0 Å². The van der Waals surface area contributed by atoms with Crippen LogP contribution in [-0.4, -0.2) is 34.1 Å². The molecule has 7 heteroatoms. The second kappa shape index (κ2) is 7.06. The van der Waals surface area contributed by atoms with E-state index in [-0.39, 0.29) is 5.91 Å². The van der Waals surface area contributed by atoms with Gasteiger partial charge >= 0.3 is 0 Å². The molecule has 0 radical (unpaired) electrons. The third kappa shape index (κ3) is 3.56. The van der Waals surface area contributed by atoms with Gasteiger partial charge in [-0.1, -0.05) is 11.3 Å². The van der Waals surface area contributed by atoms with Crippen molar-refractivity contribution < 1.29 is 13.6 Å². The lowest BCUT2D eigenvalue weighted by Crippen LogP contribution is -2.36. The number of piperidine rings is 1. The van der Waals surface area contributed by atoms with Crippen LogP contribution >= 0.6 is 11.3 Å². The van der Waals surface area contributed by atoms with Crippen molar-refractivity contribution in [3.05, 3.63) is 53.6 Å². The molecule has 1 fully saturated rings. The van der Waals surface area contributed by atoms with Crippen LogP contribution in [0.3, 0.4) is 0 Å². The molecule has 0 saturated carbocycles. The first-order valence-electron chi connectivity index (χ1n) is 8.17. The van der Waals surface area contributed by atoms with E-state index < -0.39 is 0 Å². The molecule has 3 aromatic rings. The summed E-state index contributed by atoms with van der Waals surface area (Å²) in [6.07, 6.45) is 8.29. The summed E-state index contributed by atoms with van der Waals surface area (Å²) >= 11 is 1.57. The highest BCUT2D eigenvalue weighted by atomic mass is 32.1. The minimum absolute atomic E-state index is 0.0170. The normalized spacial score (nSPS) is 15.9. The van der Waals surface area contributed by atoms with E-state index in [2.05, 4.69) is 10.2 Å². The molecule has 3 aromatic heterocycles. The van der Waals surface area contributed by atoms with Gasteiger partial charge in [0, 0.05) is 25.1 Å². The molecule has 25 heavy (non-hydrogen) atoms. The quantitative estimate of drug-likeness (QED) is 0.666. The summed E-state index contributed by atoms with van der Waals surface area (Å²) in [7, 11) is 0. The molecular weight excluding hydrogens is 338 g/mol. The van der Waals surface area contributed by atoms with Gasteiger partial charge in [-0.3, -0.25) is 4.79 Å². The van der Waals surface area contributed by atoms with E-state index in [4.69, 9.17) is 8.83 Å². The van der Waals surface area contributed by atoms with Gasteiger partial charge in [-0.05, 0) is 43.2 Å². The fraction of sp³-hybridized carbons (Fsp3) is 0.278. The van der Waals surface area contributed by atoms with E-state index in [1.807, 2.05) is 23.1 Å². The van der Waals surface area contributed by atoms with Crippen LogP contribution in [0.15, 0.2) is 51.7 Å². The SMILES string of the molecule is O=C(C=Cc1ccco1)N1CCC(c2nnc(-c3ccco3)s2)CC1. The van der Waals surface area contributed by atoms with Gasteiger partial charge in [0.25, 0.3) is 0 Å². The first-order chi connectivity index (χ1) is 12.3. The summed E-state index contributed by atoms with van der Waals surface area (Å²) in [6, 6.07) is 7.35. The Morgan fingerprint density at radius 3 is 2.68 bits per heavy atom. The van der Waals surface area contributed by atoms with E-state index in [0.717, 1.165) is 41.7 Å². The Balaban J connectivity index is 1.34. The second-order valence-electron chi connectivity index (χ2n) is 5.87. The minimum Gasteiger partial charge on any atom is -0.465 e. The number of rotatable bonds is 4. The van der Waals surface area contributed by atoms with Crippen molar-refractivity contribution in [2.24, 2.45) is 0 Å². The number of likely N-dealkylation sites (tertiary alicyclic amines) is 1. The molecule has 0 aliphatic carbocycles. The Morgan fingerprint density at radius 1 is 1.16 bits per heavy atom. The molecule has 1 amide bonds. The largest absolute Gasteiger partial charge is 0.465 e. The van der Waals surface area contributed by atoms with E-state index >= 15 is 0 Å². The van der Waals surface area contributed by atoms with E-state index in [0.29, 0.717) is 11.7 Å². The molecule has 0 atom stereocenters. The lowest BCUT2D eigenvalue weighted by Gasteiger charge is -2.30. The van der Waals surface area contributed by atoms with Gasteiger partial charge in [-0.15, -0.1) is 10.2 Å². The zero-order valence-electron chi connectivity index (χ0n) is 13.5. The standard InChI is InChI=1S/C18H17N3O3S/c22-16(6-5-14-3-1-11-23-14)21-9-7-13(8-10-21)17-19-20-18(25-17)15-4-2-12-24-15/h1-6,11-13H,7-10H2. The van der Waals surface area contributed by atoms with Crippen molar-refractivity contribution in [2.45, 2.75) is 18.8 Å². The van der Waals surface area contributed by atoms with Crippen LogP contribution in [0.5, 0.6) is 0 Å². The van der Waals surface area contributed by atoms with E-state index in [1.54, 1.807) is 42.1 Å². The Kier molecular flexibility index (Phi) is 4.47. The highest BCUT2D eigenvalue weighted by molar-refractivity contribution is 7.14. The number of aromatic nitrogens is 2. The van der Waals surface area contributed by atoms with E-state index in [9.17, 15) is 4.79 Å². The number of furan rings is 2. The van der Waals surface area contributed by atoms with Gasteiger partial charge in [0.2, 0.25) is 5.91 Å². The van der Waals surface area contributed by atoms with Crippen molar-refractivity contribution in [3.63, 3.8) is 0 Å². The Morgan fingerprint density at radius 2 is 1.96 bits per heavy atom. The molecule has 4 rings (SSSR count). The van der Waals surface area contributed by atoms with Crippen molar-refractivity contribution in [3.8, 4) is 10.8 Å². The number of hydrogen-bond donors (Lipinski definition) is 0. The van der Waals surface area contributed by atoms with Crippen LogP contribution in [-0.2, 0) is 4.79 Å². The molecule has 0 aromatic carbocycles. The maximum absolute atomic E-state index is 12.3. The van der Waals surface area contributed by atoms with Crippen LogP contribution in [0, 0.1) is 0 Å². The topological polar surface area (TPSA) is 72.4 Å². The van der Waals surface area contributed by atoms with Crippen LogP contribution in [0.25, 0.3) is 16.8 Å². The van der Waals surface area contributed by atoms with Gasteiger partial charge in [0.05, 0.1) is 12.5 Å². The predicted molar refractivity (Wildman–Crippen MR) is 93.9 cm³/mol. The Bertz CT molecular complexity index is 844. The maximum Gasteiger partial charge on any atom is 0.246 e. The molecule has 6 nitrogen and oxygen atoms in total. The molecule has 4 heterocycles. The molecule has 128 valence electrons. The molecular formula is C18H17N3O3S. The zero-order valence-corrected chi connectivity index (χ0v) is 14.3. The van der Waals surface area contributed by atoms with E-state index in [1.165, 1.54) is 0 Å². The van der Waals surface area contributed by atoms with Crippen LogP contribution in [0.2, 0.25) is 0 Å². The Labute approximate surface area is 148 Å². The lowest BCUT2D eigenvalue weighted by molar-refractivity contribution is -0.126. The van der Waals surface area contributed by atoms with Crippen molar-refractivity contribution in [1.29, 1.82) is 0 Å². The average Bonchev–Trinajstić information content (AvgIpc) is 3.42. The third-order valence-corrected chi connectivity index (χ3v) is 5.36. The first kappa shape index (κ1) is 15.8. The fourth-order valence-corrected chi connectivity index (χ4v) is 3.87. The summed E-state index contributed by atoms with van der Waals surface area (Å²) in [6.45, 7) is 1.45. The number of nitrogens with zero attached hydrogens (tertiary/aromatic N) is 3. The monoisotopic (exact) mass is 355 g/mol. The van der Waals surface area contributed by atoms with Gasteiger partial charge in [0.1, 0.15) is 10.8 Å². The molecule has 1 saturated heterocycles. The molecule has 0 bridgehead atoms. The van der Waals surface area contributed by atoms with Gasteiger partial charge in [-0.25, -0.2) is 0 Å². The van der Waals surface area contributed by atoms with Crippen molar-refractivity contribution >= 4 is 23.3 Å². The zero-order chi connectivity index (χ0) is 17.1. The average molecular weight is 355 g/mol. The number of carbonyl (C=O) groups excluding carboxylic acids is 1. The minimum atomic E-state index is 0.0170. The molecule has 1 aliphatic heterocycles. The first-order valence-corrected chi connectivity index (χ1v) is 8.99. The predicted octanol–water partition coefficient (Wildman–Crippen LogP) is 3.81. The summed E-state index contributed by atoms with van der Waals surface area (Å²) in [5, 5.41) is 10.4. The summed E-state index contributed by atoms with van der Waals surface area (Å²) in [5.41, 5.74) is 0. The maximum atomic E-state index is 12.3. The molecule has 0 spiro atoms. The molecule has 1 aliphatic rings. The number of amides is 1. The fourth-order valence-electron chi connectivity index (χ4n) is 2.89. The van der Waals surface area contributed by atoms with Crippen molar-refractivity contribution in [2.75, 3.05) is 13.1 Å². The summed E-state index contributed by atoms with van der Waals surface area (Å²) in [4.78, 5) is 14.1. The molecule has 0 N–H and O–H groups in total. The Hall–Kier alpha value is -2.67. The summed E-state index contributed by atoms with van der Waals surface area (Å²) in [5.74, 6) is 1.80.